The third-order valence-electron chi connectivity index (χ3n) is 4.78. The molecule has 0 amide bonds. The highest BCUT2D eigenvalue weighted by Crippen LogP contribution is 2.51. The first-order valence-electron chi connectivity index (χ1n) is 7.76. The number of hydrogen-bond donors (Lipinski definition) is 2. The molecule has 3 N–H and O–H groups in total. The lowest BCUT2D eigenvalue weighted by molar-refractivity contribution is -0.126. The van der Waals surface area contributed by atoms with Crippen LogP contribution in [-0.2, 0) is 14.2 Å². The van der Waals surface area contributed by atoms with Gasteiger partial charge in [0.15, 0.2) is 23.3 Å². The summed E-state index contributed by atoms with van der Waals surface area (Å²) in [5.41, 5.74) is 6.81. The molecule has 0 saturated carbocycles. The van der Waals surface area contributed by atoms with Crippen LogP contribution < -0.4 is 5.73 Å². The maximum atomic E-state index is 9.69. The molecule has 2 saturated heterocycles. The van der Waals surface area contributed by atoms with E-state index in [1.807, 2.05) is 6.92 Å². The van der Waals surface area contributed by atoms with E-state index in [0.717, 1.165) is 5.57 Å². The molecule has 2 aliphatic heterocycles. The Morgan fingerprint density at radius 2 is 2.33 bits per heavy atom. The van der Waals surface area contributed by atoms with Crippen LogP contribution >= 0.6 is 0 Å². The van der Waals surface area contributed by atoms with Crippen LogP contribution in [0.1, 0.15) is 19.6 Å². The fraction of sp³-hybridized carbons (Fsp3) is 0.533. The number of fused-ring (bicyclic) bond motifs is 2. The zero-order chi connectivity index (χ0) is 16.9. The summed E-state index contributed by atoms with van der Waals surface area (Å²) in [5, 5.41) is 9.69. The molecular formula is C15H19N5O4. The van der Waals surface area contributed by atoms with Gasteiger partial charge in [0.1, 0.15) is 30.8 Å². The van der Waals surface area contributed by atoms with Gasteiger partial charge >= 0.3 is 0 Å². The van der Waals surface area contributed by atoms with Crippen molar-refractivity contribution in [2.75, 3.05) is 19.1 Å². The standard InChI is InChI=1S/C15H19N5O4/c1-3-8(2)15-11(22-7-23-15)9(4-21)24-14(15)20-6-19-10-12(16)17-5-18-13(10)20/h5-6,9,11,14,21H,2-4,7H2,1H3,(H2,16,17,18)/t9-,11-,14-,15-/m1/s1. The summed E-state index contributed by atoms with van der Waals surface area (Å²) in [4.78, 5) is 12.5. The van der Waals surface area contributed by atoms with Gasteiger partial charge in [0, 0.05) is 0 Å². The Kier molecular flexibility index (Phi) is 3.53. The van der Waals surface area contributed by atoms with Gasteiger partial charge in [-0.1, -0.05) is 13.5 Å². The summed E-state index contributed by atoms with van der Waals surface area (Å²) in [7, 11) is 0. The van der Waals surface area contributed by atoms with Crippen molar-refractivity contribution in [3.8, 4) is 0 Å². The molecule has 0 aliphatic carbocycles. The largest absolute Gasteiger partial charge is 0.394 e. The highest BCUT2D eigenvalue weighted by Gasteiger charge is 2.63. The van der Waals surface area contributed by atoms with Crippen LogP contribution in [0.3, 0.4) is 0 Å². The number of aliphatic hydroxyl groups is 1. The van der Waals surface area contributed by atoms with E-state index in [0.29, 0.717) is 23.4 Å². The molecular weight excluding hydrogens is 314 g/mol. The van der Waals surface area contributed by atoms with E-state index in [-0.39, 0.29) is 13.4 Å². The molecule has 4 heterocycles. The van der Waals surface area contributed by atoms with Gasteiger partial charge in [-0.05, 0) is 12.0 Å². The maximum Gasteiger partial charge on any atom is 0.172 e. The molecule has 0 radical (unpaired) electrons. The molecule has 128 valence electrons. The van der Waals surface area contributed by atoms with Crippen molar-refractivity contribution < 1.29 is 19.3 Å². The van der Waals surface area contributed by atoms with Crippen molar-refractivity contribution in [1.29, 1.82) is 0 Å². The Morgan fingerprint density at radius 1 is 1.50 bits per heavy atom. The number of anilines is 1. The second-order valence-corrected chi connectivity index (χ2v) is 5.89. The van der Waals surface area contributed by atoms with Crippen molar-refractivity contribution in [3.05, 3.63) is 24.8 Å². The Labute approximate surface area is 138 Å². The summed E-state index contributed by atoms with van der Waals surface area (Å²) in [5.74, 6) is 0.291. The van der Waals surface area contributed by atoms with Crippen LogP contribution in [0.15, 0.2) is 24.8 Å². The first-order chi connectivity index (χ1) is 11.6. The van der Waals surface area contributed by atoms with E-state index >= 15 is 0 Å². The van der Waals surface area contributed by atoms with E-state index < -0.39 is 24.0 Å². The SMILES string of the molecule is C=C(CC)[C@@]12OCO[C@@H]1[C@@H](CO)O[C@H]2n1cnc2c(N)ncnc21. The summed E-state index contributed by atoms with van der Waals surface area (Å²) in [6, 6.07) is 0. The molecule has 9 nitrogen and oxygen atoms in total. The zero-order valence-electron chi connectivity index (χ0n) is 13.3. The van der Waals surface area contributed by atoms with Crippen molar-refractivity contribution >= 4 is 17.0 Å². The van der Waals surface area contributed by atoms with Crippen LogP contribution in [0, 0.1) is 0 Å². The topological polar surface area (TPSA) is 118 Å². The number of imidazole rings is 1. The van der Waals surface area contributed by atoms with E-state index in [4.69, 9.17) is 19.9 Å². The molecule has 0 spiro atoms. The first-order valence-corrected chi connectivity index (χ1v) is 7.76. The third kappa shape index (κ3) is 1.86. The van der Waals surface area contributed by atoms with E-state index in [2.05, 4.69) is 21.5 Å². The number of rotatable bonds is 4. The van der Waals surface area contributed by atoms with E-state index in [1.54, 1.807) is 10.9 Å². The van der Waals surface area contributed by atoms with Gasteiger partial charge in [-0.2, -0.15) is 0 Å². The monoisotopic (exact) mass is 333 g/mol. The summed E-state index contributed by atoms with van der Waals surface area (Å²) >= 11 is 0. The summed E-state index contributed by atoms with van der Waals surface area (Å²) in [6.45, 7) is 6.08. The van der Waals surface area contributed by atoms with Gasteiger partial charge in [0.25, 0.3) is 0 Å². The third-order valence-corrected chi connectivity index (χ3v) is 4.78. The maximum absolute atomic E-state index is 9.69. The number of nitrogens with two attached hydrogens (primary N) is 1. The first kappa shape index (κ1) is 15.5. The minimum Gasteiger partial charge on any atom is -0.394 e. The Hall–Kier alpha value is -2.07. The van der Waals surface area contributed by atoms with Crippen LogP contribution in [-0.4, -0.2) is 55.8 Å². The predicted octanol–water partition coefficient (Wildman–Crippen LogP) is 0.376. The fourth-order valence-electron chi connectivity index (χ4n) is 3.55. The van der Waals surface area contributed by atoms with Crippen molar-refractivity contribution in [3.63, 3.8) is 0 Å². The molecule has 0 bridgehead atoms. The average Bonchev–Trinajstić information content (AvgIpc) is 3.26. The second-order valence-electron chi connectivity index (χ2n) is 5.89. The molecule has 2 aromatic heterocycles. The number of aromatic nitrogens is 4. The second kappa shape index (κ2) is 5.49. The number of aliphatic hydroxyl groups excluding tert-OH is 1. The molecule has 2 aromatic rings. The highest BCUT2D eigenvalue weighted by atomic mass is 16.8. The molecule has 4 rings (SSSR count). The Bertz CT molecular complexity index is 793. The van der Waals surface area contributed by atoms with Gasteiger partial charge in [0.05, 0.1) is 12.9 Å². The average molecular weight is 333 g/mol. The molecule has 24 heavy (non-hydrogen) atoms. The van der Waals surface area contributed by atoms with Gasteiger partial charge in [-0.25, -0.2) is 15.0 Å². The lowest BCUT2D eigenvalue weighted by Crippen LogP contribution is -2.46. The molecule has 2 aliphatic rings. The lowest BCUT2D eigenvalue weighted by Gasteiger charge is -2.33. The summed E-state index contributed by atoms with van der Waals surface area (Å²) in [6.07, 6.45) is 2.05. The highest BCUT2D eigenvalue weighted by molar-refractivity contribution is 5.81. The normalized spacial score (nSPS) is 32.3. The molecule has 4 atom stereocenters. The molecule has 2 fully saturated rings. The number of ether oxygens (including phenoxy) is 3. The van der Waals surface area contributed by atoms with Gasteiger partial charge in [-0.15, -0.1) is 0 Å². The number of hydrogen-bond acceptors (Lipinski definition) is 8. The lowest BCUT2D eigenvalue weighted by atomic mass is 9.85. The molecule has 9 heteroatoms. The van der Waals surface area contributed by atoms with E-state index in [1.165, 1.54) is 6.33 Å². The smallest absolute Gasteiger partial charge is 0.172 e. The quantitative estimate of drug-likeness (QED) is 0.771. The van der Waals surface area contributed by atoms with Crippen LogP contribution in [0.25, 0.3) is 11.2 Å². The van der Waals surface area contributed by atoms with Gasteiger partial charge < -0.3 is 25.1 Å². The fourth-order valence-corrected chi connectivity index (χ4v) is 3.55. The molecule has 0 unspecified atom stereocenters. The van der Waals surface area contributed by atoms with Crippen LogP contribution in [0.5, 0.6) is 0 Å². The number of nitrogens with zero attached hydrogens (tertiary/aromatic N) is 4. The van der Waals surface area contributed by atoms with E-state index in [9.17, 15) is 5.11 Å². The van der Waals surface area contributed by atoms with Crippen molar-refractivity contribution in [1.82, 2.24) is 19.5 Å². The zero-order valence-corrected chi connectivity index (χ0v) is 13.3. The molecule has 0 aromatic carbocycles. The minimum atomic E-state index is -0.907. The number of nitrogen functional groups attached to an aromatic ring is 1. The minimum absolute atomic E-state index is 0.115. The van der Waals surface area contributed by atoms with Crippen LogP contribution in [0.4, 0.5) is 5.82 Å². The Balaban J connectivity index is 1.88. The van der Waals surface area contributed by atoms with Gasteiger partial charge in [0.2, 0.25) is 0 Å². The van der Waals surface area contributed by atoms with Crippen molar-refractivity contribution in [2.45, 2.75) is 37.4 Å². The summed E-state index contributed by atoms with van der Waals surface area (Å²) < 4.78 is 19.5. The van der Waals surface area contributed by atoms with Gasteiger partial charge in [-0.3, -0.25) is 4.57 Å². The predicted molar refractivity (Wildman–Crippen MR) is 83.7 cm³/mol. The van der Waals surface area contributed by atoms with Crippen molar-refractivity contribution in [2.24, 2.45) is 0 Å². The Morgan fingerprint density at radius 3 is 3.08 bits per heavy atom. The van der Waals surface area contributed by atoms with Crippen LogP contribution in [0.2, 0.25) is 0 Å².